The van der Waals surface area contributed by atoms with Gasteiger partial charge in [-0.25, -0.2) is 9.37 Å². The Hall–Kier alpha value is -2.43. The largest absolute Gasteiger partial charge is 0.379 e. The molecule has 0 fully saturated rings. The molecule has 0 radical (unpaired) electrons. The van der Waals surface area contributed by atoms with E-state index >= 15 is 0 Å². The maximum absolute atomic E-state index is 13.1. The van der Waals surface area contributed by atoms with Crippen molar-refractivity contribution in [2.24, 2.45) is 0 Å². The van der Waals surface area contributed by atoms with E-state index in [1.54, 1.807) is 18.3 Å². The standard InChI is InChI=1S/C16H18FN3O/c1-16(2,3)20-13-7-8-14(18-10-13)19-15(21)11-5-4-6-12(17)9-11/h4-10,20H,1-3H3,(H,18,19,21). The Bertz CT molecular complexity index is 633. The van der Waals surface area contributed by atoms with Crippen LogP contribution in [0.1, 0.15) is 31.1 Å². The number of pyridine rings is 1. The van der Waals surface area contributed by atoms with Crippen molar-refractivity contribution in [3.8, 4) is 0 Å². The fourth-order valence-corrected chi connectivity index (χ4v) is 1.79. The highest BCUT2D eigenvalue weighted by atomic mass is 19.1. The zero-order valence-corrected chi connectivity index (χ0v) is 12.3. The lowest BCUT2D eigenvalue weighted by molar-refractivity contribution is 0.102. The lowest BCUT2D eigenvalue weighted by Crippen LogP contribution is -2.26. The highest BCUT2D eigenvalue weighted by Gasteiger charge is 2.10. The Kier molecular flexibility index (Phi) is 4.21. The van der Waals surface area contributed by atoms with Gasteiger partial charge in [0.2, 0.25) is 0 Å². The normalized spacial score (nSPS) is 11.0. The molecule has 0 bridgehead atoms. The Morgan fingerprint density at radius 3 is 2.52 bits per heavy atom. The number of nitrogens with zero attached hydrogens (tertiary/aromatic N) is 1. The van der Waals surface area contributed by atoms with Crippen molar-refractivity contribution < 1.29 is 9.18 Å². The number of nitrogens with one attached hydrogen (secondary N) is 2. The number of hydrogen-bond acceptors (Lipinski definition) is 3. The van der Waals surface area contributed by atoms with Crippen molar-refractivity contribution in [2.75, 3.05) is 10.6 Å². The molecule has 1 heterocycles. The van der Waals surface area contributed by atoms with Gasteiger partial charge in [-0.05, 0) is 51.1 Å². The Labute approximate surface area is 123 Å². The van der Waals surface area contributed by atoms with Gasteiger partial charge in [-0.3, -0.25) is 4.79 Å². The first-order chi connectivity index (χ1) is 9.83. The molecule has 2 aromatic rings. The van der Waals surface area contributed by atoms with Gasteiger partial charge in [-0.15, -0.1) is 0 Å². The SMILES string of the molecule is CC(C)(C)Nc1ccc(NC(=O)c2cccc(F)c2)nc1. The minimum absolute atomic E-state index is 0.0615. The van der Waals surface area contributed by atoms with Gasteiger partial charge < -0.3 is 10.6 Å². The minimum atomic E-state index is -0.444. The summed E-state index contributed by atoms with van der Waals surface area (Å²) >= 11 is 0. The number of rotatable bonds is 3. The van der Waals surface area contributed by atoms with Crippen molar-refractivity contribution in [3.05, 3.63) is 54.0 Å². The molecule has 5 heteroatoms. The average Bonchev–Trinajstić information content (AvgIpc) is 2.39. The maximum atomic E-state index is 13.1. The molecule has 0 aliphatic carbocycles. The molecule has 0 saturated carbocycles. The van der Waals surface area contributed by atoms with Crippen LogP contribution in [0.3, 0.4) is 0 Å². The fraction of sp³-hybridized carbons (Fsp3) is 0.250. The van der Waals surface area contributed by atoms with Gasteiger partial charge in [0, 0.05) is 11.1 Å². The van der Waals surface area contributed by atoms with Crippen LogP contribution in [0.25, 0.3) is 0 Å². The number of carbonyl (C=O) groups excluding carboxylic acids is 1. The molecule has 2 N–H and O–H groups in total. The molecule has 0 aliphatic heterocycles. The topological polar surface area (TPSA) is 54.0 Å². The molecule has 0 saturated heterocycles. The summed E-state index contributed by atoms with van der Waals surface area (Å²) in [5.74, 6) is -0.414. The summed E-state index contributed by atoms with van der Waals surface area (Å²) in [7, 11) is 0. The maximum Gasteiger partial charge on any atom is 0.256 e. The van der Waals surface area contributed by atoms with Gasteiger partial charge in [0.1, 0.15) is 11.6 Å². The van der Waals surface area contributed by atoms with Crippen LogP contribution < -0.4 is 10.6 Å². The summed E-state index contributed by atoms with van der Waals surface area (Å²) < 4.78 is 13.1. The zero-order chi connectivity index (χ0) is 15.5. The third-order valence-corrected chi connectivity index (χ3v) is 2.61. The molecule has 2 rings (SSSR count). The number of anilines is 2. The molecule has 4 nitrogen and oxygen atoms in total. The molecule has 0 atom stereocenters. The highest BCUT2D eigenvalue weighted by molar-refractivity contribution is 6.03. The number of hydrogen-bond donors (Lipinski definition) is 2. The van der Waals surface area contributed by atoms with E-state index in [1.165, 1.54) is 18.2 Å². The second-order valence-corrected chi connectivity index (χ2v) is 5.77. The van der Waals surface area contributed by atoms with Gasteiger partial charge in [-0.2, -0.15) is 0 Å². The van der Waals surface area contributed by atoms with E-state index < -0.39 is 11.7 Å². The monoisotopic (exact) mass is 287 g/mol. The molecular formula is C16H18FN3O. The van der Waals surface area contributed by atoms with Gasteiger partial charge in [0.05, 0.1) is 11.9 Å². The van der Waals surface area contributed by atoms with Gasteiger partial charge in [-0.1, -0.05) is 6.07 Å². The van der Waals surface area contributed by atoms with Crippen LogP contribution >= 0.6 is 0 Å². The zero-order valence-electron chi connectivity index (χ0n) is 12.3. The summed E-state index contributed by atoms with van der Waals surface area (Å²) in [5.41, 5.74) is 1.06. The fourth-order valence-electron chi connectivity index (χ4n) is 1.79. The average molecular weight is 287 g/mol. The molecular weight excluding hydrogens is 269 g/mol. The molecule has 1 aromatic carbocycles. The van der Waals surface area contributed by atoms with E-state index in [0.29, 0.717) is 5.82 Å². The van der Waals surface area contributed by atoms with E-state index in [9.17, 15) is 9.18 Å². The van der Waals surface area contributed by atoms with Crippen molar-refractivity contribution in [1.29, 1.82) is 0 Å². The van der Waals surface area contributed by atoms with E-state index in [1.807, 2.05) is 26.8 Å². The number of carbonyl (C=O) groups is 1. The predicted molar refractivity (Wildman–Crippen MR) is 82.0 cm³/mol. The van der Waals surface area contributed by atoms with E-state index in [0.717, 1.165) is 5.69 Å². The molecule has 110 valence electrons. The third kappa shape index (κ3) is 4.56. The van der Waals surface area contributed by atoms with Gasteiger partial charge >= 0.3 is 0 Å². The summed E-state index contributed by atoms with van der Waals surface area (Å²) in [6.45, 7) is 6.14. The third-order valence-electron chi connectivity index (χ3n) is 2.61. The van der Waals surface area contributed by atoms with Crippen LogP contribution in [-0.2, 0) is 0 Å². The molecule has 1 amide bonds. The number of amides is 1. The Morgan fingerprint density at radius 1 is 1.19 bits per heavy atom. The van der Waals surface area contributed by atoms with Crippen LogP contribution in [0.2, 0.25) is 0 Å². The van der Waals surface area contributed by atoms with Crippen LogP contribution in [0.15, 0.2) is 42.6 Å². The first-order valence-corrected chi connectivity index (χ1v) is 6.65. The quantitative estimate of drug-likeness (QED) is 0.905. The lowest BCUT2D eigenvalue weighted by atomic mass is 10.1. The molecule has 0 unspecified atom stereocenters. The lowest BCUT2D eigenvalue weighted by Gasteiger charge is -2.21. The van der Waals surface area contributed by atoms with Crippen molar-refractivity contribution in [3.63, 3.8) is 0 Å². The number of aromatic nitrogens is 1. The van der Waals surface area contributed by atoms with Crippen LogP contribution in [0, 0.1) is 5.82 Å². The summed E-state index contributed by atoms with van der Waals surface area (Å²) in [4.78, 5) is 16.1. The van der Waals surface area contributed by atoms with Crippen LogP contribution in [-0.4, -0.2) is 16.4 Å². The Morgan fingerprint density at radius 2 is 1.95 bits per heavy atom. The smallest absolute Gasteiger partial charge is 0.256 e. The first-order valence-electron chi connectivity index (χ1n) is 6.65. The van der Waals surface area contributed by atoms with Gasteiger partial charge in [0.25, 0.3) is 5.91 Å². The summed E-state index contributed by atoms with van der Waals surface area (Å²) in [6.07, 6.45) is 1.65. The van der Waals surface area contributed by atoms with Crippen LogP contribution in [0.5, 0.6) is 0 Å². The second-order valence-electron chi connectivity index (χ2n) is 5.77. The van der Waals surface area contributed by atoms with Crippen molar-refractivity contribution >= 4 is 17.4 Å². The molecule has 0 spiro atoms. The number of benzene rings is 1. The first kappa shape index (κ1) is 15.0. The molecule has 21 heavy (non-hydrogen) atoms. The molecule has 0 aliphatic rings. The van der Waals surface area contributed by atoms with Gasteiger partial charge in [0.15, 0.2) is 0 Å². The molecule has 1 aromatic heterocycles. The van der Waals surface area contributed by atoms with Crippen molar-refractivity contribution in [1.82, 2.24) is 4.98 Å². The highest BCUT2D eigenvalue weighted by Crippen LogP contribution is 2.15. The van der Waals surface area contributed by atoms with Crippen LogP contribution in [0.4, 0.5) is 15.9 Å². The van der Waals surface area contributed by atoms with E-state index in [2.05, 4.69) is 15.6 Å². The Balaban J connectivity index is 2.05. The van der Waals surface area contributed by atoms with E-state index in [4.69, 9.17) is 0 Å². The summed E-state index contributed by atoms with van der Waals surface area (Å²) in [5, 5.41) is 5.91. The van der Waals surface area contributed by atoms with E-state index in [-0.39, 0.29) is 11.1 Å². The minimum Gasteiger partial charge on any atom is -0.379 e. The van der Waals surface area contributed by atoms with Crippen molar-refractivity contribution in [2.45, 2.75) is 26.3 Å². The summed E-state index contributed by atoms with van der Waals surface area (Å²) in [6, 6.07) is 9.06. The predicted octanol–water partition coefficient (Wildman–Crippen LogP) is 3.68. The number of halogens is 1. The second kappa shape index (κ2) is 5.91.